The Morgan fingerprint density at radius 2 is 1.72 bits per heavy atom. The molecule has 0 unspecified atom stereocenters. The van der Waals surface area contributed by atoms with Crippen molar-refractivity contribution in [2.24, 2.45) is 0 Å². The van der Waals surface area contributed by atoms with Crippen molar-refractivity contribution in [2.75, 3.05) is 6.54 Å². The highest BCUT2D eigenvalue weighted by Crippen LogP contribution is 2.22. The van der Waals surface area contributed by atoms with Crippen LogP contribution in [0.25, 0.3) is 10.9 Å². The number of para-hydroxylation sites is 1. The zero-order valence-corrected chi connectivity index (χ0v) is 15.6. The summed E-state index contributed by atoms with van der Waals surface area (Å²) in [5.74, 6) is -1.66. The second-order valence-electron chi connectivity index (χ2n) is 6.14. The van der Waals surface area contributed by atoms with Gasteiger partial charge in [-0.15, -0.1) is 0 Å². The van der Waals surface area contributed by atoms with Crippen LogP contribution in [0, 0.1) is 0 Å². The number of aromatic nitrogens is 1. The molecule has 0 saturated heterocycles. The van der Waals surface area contributed by atoms with Crippen LogP contribution in [-0.4, -0.2) is 29.4 Å². The molecule has 0 spiro atoms. The average Bonchev–Trinajstić information content (AvgIpc) is 2.71. The van der Waals surface area contributed by atoms with Crippen molar-refractivity contribution >= 4 is 28.8 Å². The van der Waals surface area contributed by atoms with Gasteiger partial charge in [0.1, 0.15) is 0 Å². The SMILES string of the molecule is CCNC(=O)NC(=O)[C@H](OC(=O)c1cc(=O)[nH]c2ccccc12)c1ccccc1. The van der Waals surface area contributed by atoms with Gasteiger partial charge in [0.25, 0.3) is 5.91 Å². The molecule has 0 fully saturated rings. The van der Waals surface area contributed by atoms with Gasteiger partial charge in [-0.25, -0.2) is 9.59 Å². The molecule has 3 N–H and O–H groups in total. The zero-order chi connectivity index (χ0) is 20.8. The summed E-state index contributed by atoms with van der Waals surface area (Å²) in [5.41, 5.74) is 0.404. The van der Waals surface area contributed by atoms with Crippen LogP contribution < -0.4 is 16.2 Å². The summed E-state index contributed by atoms with van der Waals surface area (Å²) in [6.07, 6.45) is -1.37. The maximum absolute atomic E-state index is 12.9. The summed E-state index contributed by atoms with van der Waals surface area (Å²) in [6, 6.07) is 15.5. The van der Waals surface area contributed by atoms with Gasteiger partial charge in [-0.1, -0.05) is 48.5 Å². The van der Waals surface area contributed by atoms with E-state index < -0.39 is 29.6 Å². The van der Waals surface area contributed by atoms with Crippen LogP contribution in [0.4, 0.5) is 4.79 Å². The average molecular weight is 393 g/mol. The number of ether oxygens (including phenoxy) is 1. The second kappa shape index (κ2) is 8.83. The fraction of sp³-hybridized carbons (Fsp3) is 0.143. The van der Waals surface area contributed by atoms with Gasteiger partial charge in [-0.2, -0.15) is 0 Å². The molecule has 8 heteroatoms. The number of imide groups is 1. The molecule has 0 bridgehead atoms. The van der Waals surface area contributed by atoms with Crippen LogP contribution in [-0.2, 0) is 9.53 Å². The highest BCUT2D eigenvalue weighted by molar-refractivity contribution is 6.05. The molecule has 2 aromatic carbocycles. The van der Waals surface area contributed by atoms with Crippen molar-refractivity contribution in [1.29, 1.82) is 0 Å². The summed E-state index contributed by atoms with van der Waals surface area (Å²) in [5, 5.41) is 5.07. The van der Waals surface area contributed by atoms with E-state index in [9.17, 15) is 19.2 Å². The Morgan fingerprint density at radius 1 is 1.03 bits per heavy atom. The van der Waals surface area contributed by atoms with E-state index in [-0.39, 0.29) is 5.56 Å². The minimum absolute atomic E-state index is 0.0242. The Labute approximate surface area is 165 Å². The highest BCUT2D eigenvalue weighted by Gasteiger charge is 2.28. The minimum Gasteiger partial charge on any atom is -0.444 e. The van der Waals surface area contributed by atoms with E-state index in [0.717, 1.165) is 6.07 Å². The van der Waals surface area contributed by atoms with Gasteiger partial charge in [0.2, 0.25) is 11.7 Å². The lowest BCUT2D eigenvalue weighted by atomic mass is 10.1. The number of nitrogens with one attached hydrogen (secondary N) is 3. The third kappa shape index (κ3) is 4.67. The summed E-state index contributed by atoms with van der Waals surface area (Å²) in [7, 11) is 0. The number of carbonyl (C=O) groups excluding carboxylic acids is 3. The van der Waals surface area contributed by atoms with Crippen LogP contribution in [0.5, 0.6) is 0 Å². The van der Waals surface area contributed by atoms with E-state index in [2.05, 4.69) is 15.6 Å². The van der Waals surface area contributed by atoms with Crippen LogP contribution >= 0.6 is 0 Å². The Kier molecular flexibility index (Phi) is 6.03. The predicted octanol–water partition coefficient (Wildman–Crippen LogP) is 2.27. The first-order valence-electron chi connectivity index (χ1n) is 8.96. The van der Waals surface area contributed by atoms with Gasteiger partial charge in [0.15, 0.2) is 0 Å². The number of aromatic amines is 1. The van der Waals surface area contributed by atoms with E-state index in [4.69, 9.17) is 4.74 Å². The summed E-state index contributed by atoms with van der Waals surface area (Å²) < 4.78 is 5.44. The molecule has 3 aromatic rings. The Hall–Kier alpha value is -3.94. The molecule has 0 aliphatic rings. The van der Waals surface area contributed by atoms with Crippen LogP contribution in [0.15, 0.2) is 65.5 Å². The molecule has 3 amide bonds. The van der Waals surface area contributed by atoms with E-state index in [1.165, 1.54) is 0 Å². The number of esters is 1. The van der Waals surface area contributed by atoms with Crippen molar-refractivity contribution in [2.45, 2.75) is 13.0 Å². The fourth-order valence-corrected chi connectivity index (χ4v) is 2.83. The van der Waals surface area contributed by atoms with E-state index in [1.807, 2.05) is 0 Å². The predicted molar refractivity (Wildman–Crippen MR) is 106 cm³/mol. The topological polar surface area (TPSA) is 117 Å². The van der Waals surface area contributed by atoms with Crippen LogP contribution in [0.3, 0.4) is 0 Å². The van der Waals surface area contributed by atoms with Crippen molar-refractivity contribution in [1.82, 2.24) is 15.6 Å². The van der Waals surface area contributed by atoms with Crippen LogP contribution in [0.1, 0.15) is 28.9 Å². The molecule has 0 aliphatic heterocycles. The standard InChI is InChI=1S/C21H19N3O5/c1-2-22-21(28)24-19(26)18(13-8-4-3-5-9-13)29-20(27)15-12-17(25)23-16-11-7-6-10-14(15)16/h3-12,18H,2H2,1H3,(H,23,25)(H2,22,24,26,28)/t18-/m1/s1. The van der Waals surface area contributed by atoms with Gasteiger partial charge < -0.3 is 15.0 Å². The molecule has 1 heterocycles. The van der Waals surface area contributed by atoms with Crippen molar-refractivity contribution in [3.05, 3.63) is 82.1 Å². The molecular weight excluding hydrogens is 374 g/mol. The lowest BCUT2D eigenvalue weighted by molar-refractivity contribution is -0.129. The van der Waals surface area contributed by atoms with Crippen molar-refractivity contribution in [3.63, 3.8) is 0 Å². The van der Waals surface area contributed by atoms with Gasteiger partial charge in [-0.3, -0.25) is 14.9 Å². The van der Waals surface area contributed by atoms with Gasteiger partial charge >= 0.3 is 12.0 Å². The third-order valence-electron chi connectivity index (χ3n) is 4.11. The number of carbonyl (C=O) groups is 3. The third-order valence-corrected chi connectivity index (χ3v) is 4.11. The number of hydrogen-bond donors (Lipinski definition) is 3. The van der Waals surface area contributed by atoms with E-state index in [1.54, 1.807) is 61.5 Å². The normalized spacial score (nSPS) is 11.5. The zero-order valence-electron chi connectivity index (χ0n) is 15.6. The Balaban J connectivity index is 1.94. The number of amides is 3. The molecule has 0 saturated carbocycles. The number of H-pyrrole nitrogens is 1. The number of rotatable bonds is 5. The molecule has 3 rings (SSSR count). The maximum atomic E-state index is 12.9. The lowest BCUT2D eigenvalue weighted by Gasteiger charge is -2.18. The lowest BCUT2D eigenvalue weighted by Crippen LogP contribution is -2.42. The summed E-state index contributed by atoms with van der Waals surface area (Å²) in [4.78, 5) is 51.8. The second-order valence-corrected chi connectivity index (χ2v) is 6.14. The van der Waals surface area contributed by atoms with Gasteiger partial charge in [-0.05, 0) is 13.0 Å². The highest BCUT2D eigenvalue weighted by atomic mass is 16.5. The summed E-state index contributed by atoms with van der Waals surface area (Å²) in [6.45, 7) is 2.03. The largest absolute Gasteiger partial charge is 0.444 e. The maximum Gasteiger partial charge on any atom is 0.340 e. The number of hydrogen-bond acceptors (Lipinski definition) is 5. The number of fused-ring (bicyclic) bond motifs is 1. The van der Waals surface area contributed by atoms with Gasteiger partial charge in [0, 0.05) is 29.1 Å². The molecule has 0 aliphatic carbocycles. The van der Waals surface area contributed by atoms with E-state index >= 15 is 0 Å². The monoisotopic (exact) mass is 393 g/mol. The Morgan fingerprint density at radius 3 is 2.45 bits per heavy atom. The molecule has 148 valence electrons. The van der Waals surface area contributed by atoms with Crippen LogP contribution in [0.2, 0.25) is 0 Å². The summed E-state index contributed by atoms with van der Waals surface area (Å²) >= 11 is 0. The number of urea groups is 1. The Bertz CT molecular complexity index is 1110. The number of benzene rings is 2. The molecule has 1 aromatic heterocycles. The first kappa shape index (κ1) is 19.8. The smallest absolute Gasteiger partial charge is 0.340 e. The molecule has 1 atom stereocenters. The first-order valence-corrected chi connectivity index (χ1v) is 8.96. The minimum atomic E-state index is -1.37. The molecule has 8 nitrogen and oxygen atoms in total. The van der Waals surface area contributed by atoms with Gasteiger partial charge in [0.05, 0.1) is 5.56 Å². The number of pyridine rings is 1. The quantitative estimate of drug-likeness (QED) is 0.575. The molecule has 29 heavy (non-hydrogen) atoms. The van der Waals surface area contributed by atoms with Crippen molar-refractivity contribution in [3.8, 4) is 0 Å². The molecular formula is C21H19N3O5. The van der Waals surface area contributed by atoms with E-state index in [0.29, 0.717) is 23.0 Å². The molecule has 0 radical (unpaired) electrons. The fourth-order valence-electron chi connectivity index (χ4n) is 2.83. The first-order chi connectivity index (χ1) is 14.0. The van der Waals surface area contributed by atoms with Crippen molar-refractivity contribution < 1.29 is 19.1 Å².